The lowest BCUT2D eigenvalue weighted by molar-refractivity contribution is -0.387. The van der Waals surface area contributed by atoms with Gasteiger partial charge in [-0.15, -0.1) is 0 Å². The van der Waals surface area contributed by atoms with Crippen LogP contribution in [-0.4, -0.2) is 27.7 Å². The van der Waals surface area contributed by atoms with Gasteiger partial charge in [-0.25, -0.2) is 9.78 Å². The summed E-state index contributed by atoms with van der Waals surface area (Å²) in [6.45, 7) is 13.5. The summed E-state index contributed by atoms with van der Waals surface area (Å²) in [5, 5.41) is 20.3. The first-order chi connectivity index (χ1) is 14.5. The molecule has 4 fully saturated rings. The standard InChI is InChI=1S/C27H44O4/c1-18-12-14-27(28,29)16-21(18)9-8-20-15-22-17-26(5)23(10-11-24(20)26)19(2)7-6-13-25(3,4)31-30-22/h9,19-20,22-24,28-29H,1,6-8,10-17H2,2-5H3/b21-9-/t19-,20?,22?,23-,24+,26-/m1/s1. The highest BCUT2D eigenvalue weighted by atomic mass is 17.2. The van der Waals surface area contributed by atoms with E-state index in [2.05, 4.69) is 40.3 Å². The van der Waals surface area contributed by atoms with Crippen LogP contribution in [0.2, 0.25) is 0 Å². The zero-order chi connectivity index (χ0) is 22.4. The van der Waals surface area contributed by atoms with Crippen LogP contribution in [0.15, 0.2) is 23.8 Å². The minimum atomic E-state index is -1.58. The van der Waals surface area contributed by atoms with Crippen LogP contribution in [0.3, 0.4) is 0 Å². The Morgan fingerprint density at radius 3 is 2.61 bits per heavy atom. The second-order valence-electron chi connectivity index (χ2n) is 12.2. The third kappa shape index (κ3) is 4.98. The van der Waals surface area contributed by atoms with Crippen LogP contribution in [-0.2, 0) is 9.78 Å². The average molecular weight is 433 g/mol. The maximum absolute atomic E-state index is 10.1. The fraction of sp³-hybridized carbons (Fsp3) is 0.852. The molecule has 0 amide bonds. The van der Waals surface area contributed by atoms with E-state index in [1.165, 1.54) is 25.7 Å². The molecule has 2 unspecified atom stereocenters. The van der Waals surface area contributed by atoms with Gasteiger partial charge < -0.3 is 10.2 Å². The predicted molar refractivity (Wildman–Crippen MR) is 123 cm³/mol. The van der Waals surface area contributed by atoms with Crippen molar-refractivity contribution in [1.29, 1.82) is 0 Å². The van der Waals surface area contributed by atoms with Gasteiger partial charge >= 0.3 is 0 Å². The molecule has 4 heteroatoms. The molecule has 0 aromatic carbocycles. The number of rotatable bonds is 2. The van der Waals surface area contributed by atoms with Crippen molar-refractivity contribution in [3.05, 3.63) is 23.8 Å². The van der Waals surface area contributed by atoms with Gasteiger partial charge in [0.15, 0.2) is 5.79 Å². The van der Waals surface area contributed by atoms with Gasteiger partial charge in [0, 0.05) is 12.8 Å². The highest BCUT2D eigenvalue weighted by Crippen LogP contribution is 2.61. The molecule has 1 heterocycles. The molecule has 0 aromatic rings. The van der Waals surface area contributed by atoms with Crippen LogP contribution in [0.25, 0.3) is 0 Å². The van der Waals surface area contributed by atoms with Crippen molar-refractivity contribution in [3.63, 3.8) is 0 Å². The van der Waals surface area contributed by atoms with Crippen molar-refractivity contribution in [2.75, 3.05) is 0 Å². The van der Waals surface area contributed by atoms with Gasteiger partial charge in [-0.05, 0) is 93.5 Å². The molecule has 0 spiro atoms. The molecule has 3 saturated carbocycles. The lowest BCUT2D eigenvalue weighted by Gasteiger charge is -2.49. The molecule has 4 aliphatic rings. The smallest absolute Gasteiger partial charge is 0.166 e. The summed E-state index contributed by atoms with van der Waals surface area (Å²) in [6.07, 6.45) is 13.0. The van der Waals surface area contributed by atoms with Gasteiger partial charge in [-0.1, -0.05) is 44.9 Å². The van der Waals surface area contributed by atoms with Crippen LogP contribution in [0.4, 0.5) is 0 Å². The first-order valence-corrected chi connectivity index (χ1v) is 12.7. The van der Waals surface area contributed by atoms with Gasteiger partial charge in [-0.2, -0.15) is 0 Å². The summed E-state index contributed by atoms with van der Waals surface area (Å²) in [7, 11) is 0. The van der Waals surface area contributed by atoms with Crippen molar-refractivity contribution in [3.8, 4) is 0 Å². The molecule has 6 atom stereocenters. The van der Waals surface area contributed by atoms with E-state index < -0.39 is 5.79 Å². The van der Waals surface area contributed by atoms with E-state index in [-0.39, 0.29) is 11.7 Å². The Hall–Kier alpha value is -0.680. The highest BCUT2D eigenvalue weighted by molar-refractivity contribution is 5.32. The number of allylic oxidation sites excluding steroid dienone is 2. The fourth-order valence-corrected chi connectivity index (χ4v) is 7.55. The van der Waals surface area contributed by atoms with E-state index in [4.69, 9.17) is 9.78 Å². The van der Waals surface area contributed by atoms with Gasteiger partial charge in [-0.3, -0.25) is 0 Å². The molecule has 0 aromatic heterocycles. The Bertz CT molecular complexity index is 708. The van der Waals surface area contributed by atoms with E-state index in [0.29, 0.717) is 36.5 Å². The topological polar surface area (TPSA) is 58.9 Å². The third-order valence-corrected chi connectivity index (χ3v) is 9.24. The van der Waals surface area contributed by atoms with E-state index in [0.717, 1.165) is 48.7 Å². The lowest BCUT2D eigenvalue weighted by Crippen LogP contribution is -2.45. The summed E-state index contributed by atoms with van der Waals surface area (Å²) in [5.41, 5.74) is 2.17. The summed E-state index contributed by atoms with van der Waals surface area (Å²) >= 11 is 0. The SMILES string of the molecule is C=C1CCC(O)(O)C/C1=C/CC1CC2C[C@]3(C)[C@H](CC[C@@H]13)[C@H](C)CCCC(C)(C)OO2. The first kappa shape index (κ1) is 23.5. The molecule has 4 rings (SSSR count). The Labute approximate surface area is 189 Å². The van der Waals surface area contributed by atoms with Crippen LogP contribution in [0.1, 0.15) is 98.3 Å². The maximum Gasteiger partial charge on any atom is 0.166 e. The Balaban J connectivity index is 1.57. The van der Waals surface area contributed by atoms with Crippen LogP contribution in [0, 0.1) is 29.1 Å². The normalized spacial score (nSPS) is 44.1. The van der Waals surface area contributed by atoms with Crippen molar-refractivity contribution in [1.82, 2.24) is 0 Å². The molecule has 0 radical (unpaired) electrons. The monoisotopic (exact) mass is 432 g/mol. The Kier molecular flexibility index (Phi) is 6.51. The molecule has 2 N–H and O–H groups in total. The number of fused-ring (bicyclic) bond motifs is 1. The molecule has 31 heavy (non-hydrogen) atoms. The second kappa shape index (κ2) is 8.59. The third-order valence-electron chi connectivity index (χ3n) is 9.24. The summed E-state index contributed by atoms with van der Waals surface area (Å²) in [5.74, 6) is 1.16. The van der Waals surface area contributed by atoms with Gasteiger partial charge in [0.25, 0.3) is 0 Å². The van der Waals surface area contributed by atoms with Crippen molar-refractivity contribution < 1.29 is 20.0 Å². The van der Waals surface area contributed by atoms with Gasteiger partial charge in [0.1, 0.15) is 0 Å². The molecule has 1 aliphatic heterocycles. The van der Waals surface area contributed by atoms with Crippen LogP contribution in [0.5, 0.6) is 0 Å². The van der Waals surface area contributed by atoms with Crippen LogP contribution >= 0.6 is 0 Å². The predicted octanol–water partition coefficient (Wildman–Crippen LogP) is 6.08. The van der Waals surface area contributed by atoms with Crippen molar-refractivity contribution >= 4 is 0 Å². The highest BCUT2D eigenvalue weighted by Gasteiger charge is 2.55. The molecular formula is C27H44O4. The summed E-state index contributed by atoms with van der Waals surface area (Å²) in [4.78, 5) is 12.2. The Morgan fingerprint density at radius 2 is 1.84 bits per heavy atom. The van der Waals surface area contributed by atoms with Gasteiger partial charge in [0.05, 0.1) is 11.7 Å². The number of hydrogen-bond donors (Lipinski definition) is 2. The zero-order valence-corrected chi connectivity index (χ0v) is 20.2. The van der Waals surface area contributed by atoms with Crippen LogP contribution < -0.4 is 0 Å². The van der Waals surface area contributed by atoms with E-state index in [1.54, 1.807) is 0 Å². The van der Waals surface area contributed by atoms with E-state index in [9.17, 15) is 10.2 Å². The van der Waals surface area contributed by atoms with E-state index >= 15 is 0 Å². The van der Waals surface area contributed by atoms with Crippen molar-refractivity contribution in [2.24, 2.45) is 29.1 Å². The largest absolute Gasteiger partial charge is 0.365 e. The molecule has 4 nitrogen and oxygen atoms in total. The number of hydrogen-bond acceptors (Lipinski definition) is 4. The summed E-state index contributed by atoms with van der Waals surface area (Å²) < 4.78 is 0. The maximum atomic E-state index is 10.1. The van der Waals surface area contributed by atoms with E-state index in [1.807, 2.05) is 0 Å². The summed E-state index contributed by atoms with van der Waals surface area (Å²) in [6, 6.07) is 0. The lowest BCUT2D eigenvalue weighted by atomic mass is 9.57. The quantitative estimate of drug-likeness (QED) is 0.410. The zero-order valence-electron chi connectivity index (χ0n) is 20.2. The molecular weight excluding hydrogens is 388 g/mol. The molecule has 3 aliphatic carbocycles. The minimum absolute atomic E-state index is 0.138. The molecule has 2 bridgehead atoms. The number of aliphatic hydroxyl groups is 2. The fourth-order valence-electron chi connectivity index (χ4n) is 7.55. The van der Waals surface area contributed by atoms with Crippen molar-refractivity contribution in [2.45, 2.75) is 116 Å². The molecule has 176 valence electrons. The second-order valence-corrected chi connectivity index (χ2v) is 12.2. The van der Waals surface area contributed by atoms with Gasteiger partial charge in [0.2, 0.25) is 0 Å². The molecule has 1 saturated heterocycles. The first-order valence-electron chi connectivity index (χ1n) is 12.7. The minimum Gasteiger partial charge on any atom is -0.365 e. The average Bonchev–Trinajstić information content (AvgIpc) is 3.03. The Morgan fingerprint density at radius 1 is 1.10 bits per heavy atom.